The number of aromatic carboxylic acids is 1. The SMILES string of the molecule is COc1cc(N=Nc2ccc(S(=O)O)cc2S(=O)(=O)O)c(NC(C)=O)cc1N=Nc1c(N)c(N=Nc2ccccc2S(=O)(=O)O)c(N)c(N=Nc2ccc(S(=O)O)cc2)c1C(=O)O. The summed E-state index contributed by atoms with van der Waals surface area (Å²) in [6.07, 6.45) is 0. The molecule has 0 aliphatic heterocycles. The van der Waals surface area contributed by atoms with Crippen molar-refractivity contribution >= 4 is 117 Å². The first-order chi connectivity index (χ1) is 29.6. The van der Waals surface area contributed by atoms with Gasteiger partial charge in [0.1, 0.15) is 60.9 Å². The van der Waals surface area contributed by atoms with Gasteiger partial charge in [0.2, 0.25) is 5.91 Å². The highest BCUT2D eigenvalue weighted by molar-refractivity contribution is 7.86. The van der Waals surface area contributed by atoms with E-state index in [4.69, 9.17) is 16.2 Å². The molecule has 25 nitrogen and oxygen atoms in total. The first-order valence-electron chi connectivity index (χ1n) is 16.7. The van der Waals surface area contributed by atoms with Gasteiger partial charge in [0, 0.05) is 13.0 Å². The number of carboxylic acid groups (broad SMARTS) is 1. The zero-order valence-electron chi connectivity index (χ0n) is 31.8. The summed E-state index contributed by atoms with van der Waals surface area (Å²) in [6, 6.07) is 14.9. The van der Waals surface area contributed by atoms with Crippen molar-refractivity contribution in [2.24, 2.45) is 40.9 Å². The Labute approximate surface area is 359 Å². The Morgan fingerprint density at radius 3 is 1.70 bits per heavy atom. The molecule has 0 bridgehead atoms. The van der Waals surface area contributed by atoms with Gasteiger partial charge in [0.15, 0.2) is 22.2 Å². The van der Waals surface area contributed by atoms with Crippen molar-refractivity contribution in [1.29, 1.82) is 0 Å². The van der Waals surface area contributed by atoms with Gasteiger partial charge >= 0.3 is 5.97 Å². The molecule has 0 aliphatic rings. The average molecular weight is 944 g/mol. The summed E-state index contributed by atoms with van der Waals surface area (Å²) >= 11 is -4.97. The quantitative estimate of drug-likeness (QED) is 0.0214. The molecule has 0 fully saturated rings. The molecular weight excluding hydrogens is 915 g/mol. The maximum atomic E-state index is 12.9. The Kier molecular flexibility index (Phi) is 14.4. The van der Waals surface area contributed by atoms with E-state index in [0.717, 1.165) is 37.3 Å². The van der Waals surface area contributed by atoms with Crippen molar-refractivity contribution in [2.45, 2.75) is 26.5 Å². The third kappa shape index (κ3) is 11.2. The number of nitrogens with one attached hydrogen (secondary N) is 1. The zero-order valence-corrected chi connectivity index (χ0v) is 35.0. The summed E-state index contributed by atoms with van der Waals surface area (Å²) in [6.45, 7) is 1.12. The van der Waals surface area contributed by atoms with E-state index >= 15 is 0 Å². The second kappa shape index (κ2) is 19.3. The van der Waals surface area contributed by atoms with Crippen LogP contribution in [0.4, 0.5) is 62.6 Å². The number of ether oxygens (including phenoxy) is 1. The molecule has 63 heavy (non-hydrogen) atoms. The summed E-state index contributed by atoms with van der Waals surface area (Å²) in [4.78, 5) is 23.2. The first-order valence-corrected chi connectivity index (χ1v) is 21.8. The second-order valence-electron chi connectivity index (χ2n) is 12.1. The minimum atomic E-state index is -5.01. The number of amides is 1. The number of hydrogen-bond donors (Lipinski definition) is 8. The van der Waals surface area contributed by atoms with Crippen LogP contribution in [-0.2, 0) is 47.2 Å². The maximum Gasteiger partial charge on any atom is 0.340 e. The zero-order chi connectivity index (χ0) is 46.4. The molecule has 5 rings (SSSR count). The topological polar surface area (TPSA) is 410 Å². The van der Waals surface area contributed by atoms with Crippen molar-refractivity contribution in [3.8, 4) is 5.75 Å². The highest BCUT2D eigenvalue weighted by atomic mass is 32.2. The molecule has 0 spiro atoms. The van der Waals surface area contributed by atoms with Crippen LogP contribution in [0.1, 0.15) is 17.3 Å². The number of benzene rings is 5. The van der Waals surface area contributed by atoms with Crippen LogP contribution in [0, 0.1) is 0 Å². The number of nitrogens with two attached hydrogens (primary N) is 2. The van der Waals surface area contributed by atoms with Crippen LogP contribution in [0.2, 0.25) is 0 Å². The number of carboxylic acids is 1. The standard InChI is InChI=1S/C34H29N11O14S4/c1-16(46)37-22-14-24(25(59-2)15-23(22)41-39-21-12-11-19(61(51)52)13-27(21)63(56,57)58)42-44-32-28(34(47)48)31(43-38-17-7-9-18(10-8-17)60(49)50)29(35)33(30(32)36)45-40-20-5-3-4-6-26(20)62(53,54)55/h3-15H,35-36H2,1-2H3,(H,37,46)(H,47,48)(H,49,50)(H,51,52)(H,53,54,55)(H,56,57,58). The van der Waals surface area contributed by atoms with Gasteiger partial charge < -0.3 is 35.7 Å². The molecule has 29 heteroatoms. The van der Waals surface area contributed by atoms with E-state index in [2.05, 4.69) is 46.2 Å². The minimum Gasteiger partial charge on any atom is -0.494 e. The second-order valence-corrected chi connectivity index (χ2v) is 16.8. The highest BCUT2D eigenvalue weighted by Gasteiger charge is 2.28. The lowest BCUT2D eigenvalue weighted by Crippen LogP contribution is -2.06. The van der Waals surface area contributed by atoms with Crippen LogP contribution in [0.25, 0.3) is 0 Å². The molecule has 5 aromatic rings. The summed E-state index contributed by atoms with van der Waals surface area (Å²) < 4.78 is 115. The third-order valence-corrected chi connectivity index (χ3v) is 11.1. The van der Waals surface area contributed by atoms with E-state index in [-0.39, 0.29) is 38.3 Å². The molecule has 5 aromatic carbocycles. The number of nitrogens with zero attached hydrogens (tertiary/aromatic N) is 8. The van der Waals surface area contributed by atoms with Gasteiger partial charge in [-0.3, -0.25) is 13.9 Å². The fraction of sp³-hybridized carbons (Fsp3) is 0.0588. The Morgan fingerprint density at radius 1 is 0.635 bits per heavy atom. The number of nitrogen functional groups attached to an aromatic ring is 2. The van der Waals surface area contributed by atoms with E-state index in [0.29, 0.717) is 6.07 Å². The van der Waals surface area contributed by atoms with E-state index < -0.39 is 109 Å². The van der Waals surface area contributed by atoms with Gasteiger partial charge in [-0.05, 0) is 60.7 Å². The molecule has 1 amide bonds. The maximum absolute atomic E-state index is 12.9. The normalized spacial score (nSPS) is 13.2. The van der Waals surface area contributed by atoms with Crippen molar-refractivity contribution in [3.63, 3.8) is 0 Å². The monoisotopic (exact) mass is 943 g/mol. The van der Waals surface area contributed by atoms with Gasteiger partial charge in [-0.25, -0.2) is 13.2 Å². The number of carbonyl (C=O) groups excluding carboxylic acids is 1. The largest absolute Gasteiger partial charge is 0.494 e. The van der Waals surface area contributed by atoms with E-state index in [1.807, 2.05) is 0 Å². The minimum absolute atomic E-state index is 0.00971. The number of carbonyl (C=O) groups is 2. The van der Waals surface area contributed by atoms with Crippen LogP contribution in [0.5, 0.6) is 5.75 Å². The van der Waals surface area contributed by atoms with Crippen LogP contribution in [0.3, 0.4) is 0 Å². The summed E-state index contributed by atoms with van der Waals surface area (Å²) in [7, 11) is -8.66. The lowest BCUT2D eigenvalue weighted by Gasteiger charge is -2.14. The average Bonchev–Trinajstić information content (AvgIpc) is 3.21. The molecule has 0 heterocycles. The molecule has 0 aromatic heterocycles. The number of hydrogen-bond acceptors (Lipinski definition) is 19. The van der Waals surface area contributed by atoms with E-state index in [1.165, 1.54) is 49.6 Å². The molecular formula is C34H29N11O14S4. The van der Waals surface area contributed by atoms with Crippen molar-refractivity contribution in [3.05, 3.63) is 84.4 Å². The molecule has 0 saturated carbocycles. The number of azo groups is 4. The Bertz CT molecular complexity index is 3070. The number of methoxy groups -OCH3 is 1. The smallest absolute Gasteiger partial charge is 0.340 e. The summed E-state index contributed by atoms with van der Waals surface area (Å²) in [5.74, 6) is -2.57. The molecule has 2 unspecified atom stereocenters. The Morgan fingerprint density at radius 2 is 1.14 bits per heavy atom. The predicted octanol–water partition coefficient (Wildman–Crippen LogP) is 7.83. The van der Waals surface area contributed by atoms with Crippen molar-refractivity contribution in [1.82, 2.24) is 0 Å². The van der Waals surface area contributed by atoms with Gasteiger partial charge in [-0.2, -0.15) is 21.9 Å². The first kappa shape index (κ1) is 46.9. The third-order valence-electron chi connectivity index (χ3n) is 7.95. The Hall–Kier alpha value is -7.12. The molecule has 10 N–H and O–H groups in total. The van der Waals surface area contributed by atoms with Crippen LogP contribution in [-0.4, -0.2) is 67.6 Å². The fourth-order valence-corrected chi connectivity index (χ4v) is 7.26. The molecule has 0 aliphatic carbocycles. The van der Waals surface area contributed by atoms with Crippen LogP contribution in [0.15, 0.2) is 139 Å². The molecule has 0 saturated heterocycles. The van der Waals surface area contributed by atoms with Gasteiger partial charge in [-0.1, -0.05) is 12.1 Å². The number of rotatable bonds is 15. The Balaban J connectivity index is 1.72. The van der Waals surface area contributed by atoms with Crippen LogP contribution < -0.4 is 21.5 Å². The van der Waals surface area contributed by atoms with Gasteiger partial charge in [0.25, 0.3) is 20.2 Å². The predicted molar refractivity (Wildman–Crippen MR) is 223 cm³/mol. The van der Waals surface area contributed by atoms with Gasteiger partial charge in [0.05, 0.1) is 39.7 Å². The number of anilines is 3. The molecule has 0 radical (unpaired) electrons. The molecule has 328 valence electrons. The molecule has 2 atom stereocenters. The van der Waals surface area contributed by atoms with Crippen molar-refractivity contribution < 1.29 is 62.9 Å². The highest BCUT2D eigenvalue weighted by Crippen LogP contribution is 2.50. The summed E-state index contributed by atoms with van der Waals surface area (Å²) in [5.41, 5.74) is 7.52. The van der Waals surface area contributed by atoms with Crippen molar-refractivity contribution in [2.75, 3.05) is 23.9 Å². The van der Waals surface area contributed by atoms with Crippen LogP contribution >= 0.6 is 0 Å². The summed E-state index contributed by atoms with van der Waals surface area (Å²) in [5, 5.41) is 44.6. The van der Waals surface area contributed by atoms with E-state index in [9.17, 15) is 58.2 Å². The lowest BCUT2D eigenvalue weighted by molar-refractivity contribution is -0.114. The fourth-order valence-electron chi connectivity index (χ4n) is 5.14. The lowest BCUT2D eigenvalue weighted by atomic mass is 10.1. The van der Waals surface area contributed by atoms with Gasteiger partial charge in [-0.15, -0.1) is 35.8 Å². The van der Waals surface area contributed by atoms with E-state index in [1.54, 1.807) is 0 Å².